The van der Waals surface area contributed by atoms with Gasteiger partial charge in [0.1, 0.15) is 11.6 Å². The van der Waals surface area contributed by atoms with E-state index in [2.05, 4.69) is 27.9 Å². The number of hydrogen-bond acceptors (Lipinski definition) is 1. The van der Waals surface area contributed by atoms with Crippen molar-refractivity contribution in [1.29, 1.82) is 0 Å². The average Bonchev–Trinajstić information content (AvgIpc) is 2.46. The summed E-state index contributed by atoms with van der Waals surface area (Å²) in [7, 11) is 0. The van der Waals surface area contributed by atoms with E-state index in [1.807, 2.05) is 18.2 Å². The van der Waals surface area contributed by atoms with Crippen LogP contribution in [0, 0.1) is 15.2 Å². The van der Waals surface area contributed by atoms with Gasteiger partial charge in [-0.2, -0.15) is 0 Å². The first-order valence-electron chi connectivity index (χ1n) is 7.06. The van der Waals surface area contributed by atoms with Crippen LogP contribution in [0.5, 0.6) is 0 Å². The van der Waals surface area contributed by atoms with Crippen molar-refractivity contribution in [2.75, 3.05) is 0 Å². The van der Waals surface area contributed by atoms with E-state index in [0.717, 1.165) is 22.5 Å². The molecule has 0 aromatic heterocycles. The van der Waals surface area contributed by atoms with E-state index in [1.54, 1.807) is 6.07 Å². The predicted octanol–water partition coefficient (Wildman–Crippen LogP) is 4.25. The molecule has 1 N–H and O–H groups in total. The first-order chi connectivity index (χ1) is 10.6. The fourth-order valence-electron chi connectivity index (χ4n) is 2.74. The average molecular weight is 413 g/mol. The number of rotatable bonds is 3. The summed E-state index contributed by atoms with van der Waals surface area (Å²) in [5, 5.41) is 2.96. The third-order valence-electron chi connectivity index (χ3n) is 4.07. The second-order valence-corrected chi connectivity index (χ2v) is 6.57. The molecule has 1 amide bonds. The van der Waals surface area contributed by atoms with E-state index in [-0.39, 0.29) is 17.9 Å². The fraction of sp³-hybridized carbons (Fsp3) is 0.235. The first kappa shape index (κ1) is 15.4. The van der Waals surface area contributed by atoms with Crippen LogP contribution in [0.2, 0.25) is 0 Å². The second kappa shape index (κ2) is 6.32. The Hall–Kier alpha value is -1.50. The van der Waals surface area contributed by atoms with E-state index in [1.165, 1.54) is 12.1 Å². The number of halogens is 3. The van der Waals surface area contributed by atoms with Crippen LogP contribution in [0.3, 0.4) is 0 Å². The molecule has 1 saturated carbocycles. The van der Waals surface area contributed by atoms with E-state index >= 15 is 0 Å². The van der Waals surface area contributed by atoms with Gasteiger partial charge in [-0.3, -0.25) is 4.79 Å². The molecular formula is C17H14F2INO. The number of benzene rings is 2. The van der Waals surface area contributed by atoms with Crippen LogP contribution in [-0.4, -0.2) is 11.9 Å². The van der Waals surface area contributed by atoms with Gasteiger partial charge in [0.25, 0.3) is 5.91 Å². The first-order valence-corrected chi connectivity index (χ1v) is 8.14. The third kappa shape index (κ3) is 2.99. The predicted molar refractivity (Wildman–Crippen MR) is 88.7 cm³/mol. The van der Waals surface area contributed by atoms with Gasteiger partial charge in [0.2, 0.25) is 0 Å². The molecule has 2 aromatic carbocycles. The molecule has 22 heavy (non-hydrogen) atoms. The summed E-state index contributed by atoms with van der Waals surface area (Å²) < 4.78 is 27.7. The van der Waals surface area contributed by atoms with Crippen LogP contribution in [0.1, 0.15) is 34.7 Å². The van der Waals surface area contributed by atoms with Crippen molar-refractivity contribution in [2.45, 2.75) is 24.8 Å². The van der Waals surface area contributed by atoms with Crippen molar-refractivity contribution in [2.24, 2.45) is 0 Å². The molecule has 0 unspecified atom stereocenters. The highest BCUT2D eigenvalue weighted by molar-refractivity contribution is 14.1. The Morgan fingerprint density at radius 3 is 2.55 bits per heavy atom. The molecule has 2 atom stereocenters. The highest BCUT2D eigenvalue weighted by atomic mass is 127. The zero-order valence-corrected chi connectivity index (χ0v) is 13.8. The number of carbonyl (C=O) groups excluding carboxylic acids is 1. The molecule has 2 aromatic rings. The molecule has 0 saturated heterocycles. The lowest BCUT2D eigenvalue weighted by atomic mass is 9.74. The van der Waals surface area contributed by atoms with Crippen molar-refractivity contribution >= 4 is 28.5 Å². The van der Waals surface area contributed by atoms with Crippen molar-refractivity contribution < 1.29 is 13.6 Å². The summed E-state index contributed by atoms with van der Waals surface area (Å²) in [5.74, 6) is -1.37. The van der Waals surface area contributed by atoms with E-state index < -0.39 is 11.6 Å². The Bertz CT molecular complexity index is 720. The lowest BCUT2D eigenvalue weighted by molar-refractivity contribution is 0.0902. The van der Waals surface area contributed by atoms with Crippen LogP contribution < -0.4 is 5.32 Å². The van der Waals surface area contributed by atoms with Crippen LogP contribution in [0.15, 0.2) is 42.5 Å². The van der Waals surface area contributed by atoms with Crippen molar-refractivity contribution in [3.63, 3.8) is 0 Å². The minimum absolute atomic E-state index is 0.0917. The Morgan fingerprint density at radius 1 is 1.14 bits per heavy atom. The molecule has 0 spiro atoms. The molecule has 2 nitrogen and oxygen atoms in total. The van der Waals surface area contributed by atoms with Gasteiger partial charge in [0, 0.05) is 21.6 Å². The van der Waals surface area contributed by atoms with Gasteiger partial charge in [0.05, 0.1) is 5.56 Å². The fourth-order valence-corrected chi connectivity index (χ4v) is 3.37. The standard InChI is InChI=1S/C17H14F2INO/c18-10-5-6-11(14(19)9-10)12-7-8-16(12)21-17(22)13-3-1-2-4-15(13)20/h1-6,9,12,16H,7-8H2,(H,21,22)/t12-,16-/m0/s1. The summed E-state index contributed by atoms with van der Waals surface area (Å²) >= 11 is 2.12. The van der Waals surface area contributed by atoms with Crippen molar-refractivity contribution in [3.8, 4) is 0 Å². The third-order valence-corrected chi connectivity index (χ3v) is 5.01. The summed E-state index contributed by atoms with van der Waals surface area (Å²) in [4.78, 5) is 12.3. The highest BCUT2D eigenvalue weighted by Gasteiger charge is 2.35. The Kier molecular flexibility index (Phi) is 4.42. The topological polar surface area (TPSA) is 29.1 Å². The smallest absolute Gasteiger partial charge is 0.252 e. The quantitative estimate of drug-likeness (QED) is 0.750. The molecule has 1 fully saturated rings. The molecule has 114 valence electrons. The van der Waals surface area contributed by atoms with Crippen LogP contribution in [0.4, 0.5) is 8.78 Å². The van der Waals surface area contributed by atoms with Gasteiger partial charge in [-0.05, 0) is 59.2 Å². The SMILES string of the molecule is O=C(N[C@H]1CC[C@H]1c1ccc(F)cc1F)c1ccccc1I. The molecular weight excluding hydrogens is 399 g/mol. The number of amides is 1. The zero-order chi connectivity index (χ0) is 15.7. The summed E-state index contributed by atoms with van der Waals surface area (Å²) in [6.45, 7) is 0. The Labute approximate surface area is 141 Å². The summed E-state index contributed by atoms with van der Waals surface area (Å²) in [5.41, 5.74) is 1.09. The lowest BCUT2D eigenvalue weighted by Gasteiger charge is -2.37. The molecule has 0 aliphatic heterocycles. The molecule has 0 radical (unpaired) electrons. The normalized spacial score (nSPS) is 20.3. The minimum atomic E-state index is -0.583. The van der Waals surface area contributed by atoms with Crippen LogP contribution >= 0.6 is 22.6 Å². The van der Waals surface area contributed by atoms with Crippen LogP contribution in [-0.2, 0) is 0 Å². The largest absolute Gasteiger partial charge is 0.349 e. The zero-order valence-electron chi connectivity index (χ0n) is 11.7. The van der Waals surface area contributed by atoms with Gasteiger partial charge >= 0.3 is 0 Å². The lowest BCUT2D eigenvalue weighted by Crippen LogP contribution is -2.45. The molecule has 1 aliphatic carbocycles. The van der Waals surface area contributed by atoms with Crippen LogP contribution in [0.25, 0.3) is 0 Å². The Morgan fingerprint density at radius 2 is 1.91 bits per heavy atom. The highest BCUT2D eigenvalue weighted by Crippen LogP contribution is 2.38. The minimum Gasteiger partial charge on any atom is -0.349 e. The van der Waals surface area contributed by atoms with Gasteiger partial charge < -0.3 is 5.32 Å². The monoisotopic (exact) mass is 413 g/mol. The number of nitrogens with one attached hydrogen (secondary N) is 1. The van der Waals surface area contributed by atoms with E-state index in [4.69, 9.17) is 0 Å². The van der Waals surface area contributed by atoms with Gasteiger partial charge in [-0.1, -0.05) is 18.2 Å². The summed E-state index contributed by atoms with van der Waals surface area (Å²) in [6, 6.07) is 10.8. The molecule has 5 heteroatoms. The maximum atomic E-state index is 13.9. The molecule has 0 heterocycles. The second-order valence-electron chi connectivity index (χ2n) is 5.41. The number of carbonyl (C=O) groups is 1. The van der Waals surface area contributed by atoms with Crippen molar-refractivity contribution in [3.05, 3.63) is 68.8 Å². The van der Waals surface area contributed by atoms with E-state index in [0.29, 0.717) is 11.1 Å². The summed E-state index contributed by atoms with van der Waals surface area (Å²) in [6.07, 6.45) is 1.59. The van der Waals surface area contributed by atoms with Crippen molar-refractivity contribution in [1.82, 2.24) is 5.32 Å². The Balaban J connectivity index is 1.74. The maximum absolute atomic E-state index is 13.9. The maximum Gasteiger partial charge on any atom is 0.252 e. The van der Waals surface area contributed by atoms with E-state index in [9.17, 15) is 13.6 Å². The van der Waals surface area contributed by atoms with Gasteiger partial charge in [0.15, 0.2) is 0 Å². The molecule has 1 aliphatic rings. The van der Waals surface area contributed by atoms with Gasteiger partial charge in [-0.15, -0.1) is 0 Å². The molecule has 3 rings (SSSR count). The van der Waals surface area contributed by atoms with Gasteiger partial charge in [-0.25, -0.2) is 8.78 Å². The number of hydrogen-bond donors (Lipinski definition) is 1. The molecule has 0 bridgehead atoms.